The number of amides is 1. The first-order valence-corrected chi connectivity index (χ1v) is 3.57. The normalized spacial score (nSPS) is 10.7. The van der Waals surface area contributed by atoms with Crippen molar-refractivity contribution in [3.05, 3.63) is 0 Å². The van der Waals surface area contributed by atoms with Crippen LogP contribution >= 0.6 is 0 Å². The topological polar surface area (TPSA) is 75.6 Å². The molecule has 0 aromatic heterocycles. The van der Waals surface area contributed by atoms with Crippen LogP contribution in [0.2, 0.25) is 0 Å². The van der Waals surface area contributed by atoms with Crippen LogP contribution in [-0.4, -0.2) is 36.7 Å². The zero-order valence-corrected chi connectivity index (χ0v) is 7.46. The lowest BCUT2D eigenvalue weighted by Gasteiger charge is -2.10. The van der Waals surface area contributed by atoms with E-state index in [-0.39, 0.29) is 0 Å². The molecule has 72 valence electrons. The summed E-state index contributed by atoms with van der Waals surface area (Å²) in [6.45, 7) is 0.982. The van der Waals surface area contributed by atoms with E-state index < -0.39 is 24.5 Å². The van der Waals surface area contributed by atoms with Crippen LogP contribution in [0.1, 0.15) is 6.92 Å². The smallest absolute Gasteiger partial charge is 0.330 e. The van der Waals surface area contributed by atoms with E-state index in [1.54, 1.807) is 0 Å². The average Bonchev–Trinajstić information content (AvgIpc) is 2.13. The molecular weight excluding hydrogens is 174 g/mol. The maximum absolute atomic E-state index is 10.8. The third-order valence-corrected chi connectivity index (χ3v) is 1.21. The van der Waals surface area contributed by atoms with Crippen LogP contribution in [0.25, 0.3) is 0 Å². The fourth-order valence-electron chi connectivity index (χ4n) is 0.629. The minimum absolute atomic E-state index is 0.510. The molecule has 1 unspecified atom stereocenters. The molecule has 0 aliphatic rings. The van der Waals surface area contributed by atoms with Gasteiger partial charge < -0.3 is 15.2 Å². The second-order valence-corrected chi connectivity index (χ2v) is 2.11. The maximum Gasteiger partial charge on any atom is 0.330 e. The Morgan fingerprint density at radius 3 is 2.62 bits per heavy atom. The van der Waals surface area contributed by atoms with Crippen molar-refractivity contribution in [1.29, 1.82) is 0 Å². The number of hydrogen-bond acceptors (Lipinski definition) is 4. The van der Waals surface area contributed by atoms with Crippen molar-refractivity contribution in [2.24, 2.45) is 0 Å². The Bertz CT molecular complexity index is 251. The summed E-state index contributed by atoms with van der Waals surface area (Å²) in [5.41, 5.74) is 0. The van der Waals surface area contributed by atoms with Gasteiger partial charge in [0.2, 0.25) is 0 Å². The first-order chi connectivity index (χ1) is 6.15. The first kappa shape index (κ1) is 11.5. The molecule has 2 N–H and O–H groups in total. The van der Waals surface area contributed by atoms with E-state index in [2.05, 4.69) is 21.9 Å². The number of ether oxygens (including phenoxy) is 1. The van der Waals surface area contributed by atoms with Crippen LogP contribution < -0.4 is 5.32 Å². The van der Waals surface area contributed by atoms with E-state index in [1.165, 1.54) is 14.0 Å². The van der Waals surface area contributed by atoms with E-state index in [0.717, 1.165) is 0 Å². The largest absolute Gasteiger partial charge is 0.467 e. The Morgan fingerprint density at radius 2 is 2.23 bits per heavy atom. The molecule has 0 rings (SSSR count). The van der Waals surface area contributed by atoms with Crippen molar-refractivity contribution in [2.45, 2.75) is 13.0 Å². The summed E-state index contributed by atoms with van der Waals surface area (Å²) in [5, 5.41) is 10.9. The molecule has 0 aromatic rings. The lowest BCUT2D eigenvalue weighted by atomic mass is 10.3. The monoisotopic (exact) mass is 185 g/mol. The number of carbonyl (C=O) groups is 2. The Labute approximate surface area is 76.1 Å². The molecule has 0 radical (unpaired) electrons. The van der Waals surface area contributed by atoms with Crippen LogP contribution in [0.5, 0.6) is 0 Å². The molecule has 5 heteroatoms. The van der Waals surface area contributed by atoms with E-state index >= 15 is 0 Å². The first-order valence-electron chi connectivity index (χ1n) is 3.57. The zero-order valence-electron chi connectivity index (χ0n) is 7.46. The third kappa shape index (κ3) is 4.13. The number of nitrogens with one attached hydrogen (secondary N) is 1. The molecule has 1 atom stereocenters. The van der Waals surface area contributed by atoms with Gasteiger partial charge in [-0.25, -0.2) is 4.79 Å². The summed E-state index contributed by atoms with van der Waals surface area (Å²) in [4.78, 5) is 21.7. The second-order valence-electron chi connectivity index (χ2n) is 2.11. The van der Waals surface area contributed by atoms with Gasteiger partial charge in [0, 0.05) is 0 Å². The van der Waals surface area contributed by atoms with Gasteiger partial charge in [-0.2, -0.15) is 0 Å². The summed E-state index contributed by atoms with van der Waals surface area (Å²) >= 11 is 0. The minimum Gasteiger partial charge on any atom is -0.467 e. The van der Waals surface area contributed by atoms with Crippen molar-refractivity contribution in [1.82, 2.24) is 5.32 Å². The van der Waals surface area contributed by atoms with Gasteiger partial charge in [0.25, 0.3) is 5.91 Å². The summed E-state index contributed by atoms with van der Waals surface area (Å²) in [6, 6.07) is -1.04. The minimum atomic E-state index is -1.04. The lowest BCUT2D eigenvalue weighted by Crippen LogP contribution is -2.43. The number of aliphatic hydroxyl groups excluding tert-OH is 1. The predicted octanol–water partition coefficient (Wildman–Crippen LogP) is -1.34. The molecule has 0 aromatic carbocycles. The Kier molecular flexibility index (Phi) is 5.32. The molecule has 13 heavy (non-hydrogen) atoms. The molecule has 5 nitrogen and oxygen atoms in total. The van der Waals surface area contributed by atoms with Gasteiger partial charge in [-0.05, 0) is 12.8 Å². The van der Waals surface area contributed by atoms with Crippen molar-refractivity contribution >= 4 is 11.9 Å². The van der Waals surface area contributed by atoms with E-state index in [9.17, 15) is 9.59 Å². The molecule has 0 spiro atoms. The fourth-order valence-corrected chi connectivity index (χ4v) is 0.629. The molecule has 0 heterocycles. The van der Waals surface area contributed by atoms with Gasteiger partial charge in [-0.15, -0.1) is 0 Å². The Balaban J connectivity index is 4.18. The summed E-state index contributed by atoms with van der Waals surface area (Å²) in [7, 11) is 1.17. The van der Waals surface area contributed by atoms with Crippen LogP contribution in [0.3, 0.4) is 0 Å². The summed E-state index contributed by atoms with van der Waals surface area (Å²) in [6.07, 6.45) is 0. The van der Waals surface area contributed by atoms with Gasteiger partial charge in [-0.1, -0.05) is 5.92 Å². The lowest BCUT2D eigenvalue weighted by molar-refractivity contribution is -0.145. The third-order valence-electron chi connectivity index (χ3n) is 1.21. The van der Waals surface area contributed by atoms with Gasteiger partial charge in [0.1, 0.15) is 0 Å². The maximum atomic E-state index is 10.8. The standard InChI is InChI=1S/C8H11NO4/c1-3-4-7(11)9-6(5-10)8(12)13-2/h6,10H,5H2,1-2H3,(H,9,11). The Hall–Kier alpha value is -1.54. The summed E-state index contributed by atoms with van der Waals surface area (Å²) in [5.74, 6) is 3.21. The number of aliphatic hydroxyl groups is 1. The molecule has 1 amide bonds. The van der Waals surface area contributed by atoms with E-state index in [1.807, 2.05) is 0 Å². The van der Waals surface area contributed by atoms with Crippen LogP contribution in [-0.2, 0) is 14.3 Å². The number of esters is 1. The van der Waals surface area contributed by atoms with Crippen LogP contribution in [0.4, 0.5) is 0 Å². The van der Waals surface area contributed by atoms with E-state index in [4.69, 9.17) is 5.11 Å². The van der Waals surface area contributed by atoms with E-state index in [0.29, 0.717) is 0 Å². The number of carbonyl (C=O) groups excluding carboxylic acids is 2. The van der Waals surface area contributed by atoms with Crippen molar-refractivity contribution in [3.8, 4) is 11.8 Å². The molecule has 0 aliphatic carbocycles. The highest BCUT2D eigenvalue weighted by molar-refractivity contribution is 5.96. The molecular formula is C8H11NO4. The van der Waals surface area contributed by atoms with Crippen LogP contribution in [0, 0.1) is 11.8 Å². The molecule has 0 bridgehead atoms. The SMILES string of the molecule is CC#CC(=O)NC(CO)C(=O)OC. The van der Waals surface area contributed by atoms with Gasteiger partial charge >= 0.3 is 5.97 Å². The Morgan fingerprint density at radius 1 is 1.62 bits per heavy atom. The van der Waals surface area contributed by atoms with Crippen molar-refractivity contribution in [2.75, 3.05) is 13.7 Å². The van der Waals surface area contributed by atoms with Gasteiger partial charge in [0.05, 0.1) is 13.7 Å². The highest BCUT2D eigenvalue weighted by atomic mass is 16.5. The van der Waals surface area contributed by atoms with Gasteiger partial charge in [0.15, 0.2) is 6.04 Å². The van der Waals surface area contributed by atoms with Crippen LogP contribution in [0.15, 0.2) is 0 Å². The van der Waals surface area contributed by atoms with Gasteiger partial charge in [-0.3, -0.25) is 4.79 Å². The molecule has 0 saturated heterocycles. The highest BCUT2D eigenvalue weighted by Crippen LogP contribution is 1.85. The zero-order chi connectivity index (χ0) is 10.3. The molecule has 0 aliphatic heterocycles. The number of rotatable bonds is 3. The van der Waals surface area contributed by atoms with Crippen molar-refractivity contribution in [3.63, 3.8) is 0 Å². The second kappa shape index (κ2) is 6.03. The molecule has 0 fully saturated rings. The number of methoxy groups -OCH3 is 1. The van der Waals surface area contributed by atoms with Crippen molar-refractivity contribution < 1.29 is 19.4 Å². The highest BCUT2D eigenvalue weighted by Gasteiger charge is 2.19. The average molecular weight is 185 g/mol. The summed E-state index contributed by atoms with van der Waals surface area (Å²) < 4.78 is 4.32. The molecule has 0 saturated carbocycles. The number of hydrogen-bond donors (Lipinski definition) is 2. The predicted molar refractivity (Wildman–Crippen MR) is 44.5 cm³/mol. The quantitative estimate of drug-likeness (QED) is 0.421. The fraction of sp³-hybridized carbons (Fsp3) is 0.500.